The minimum Gasteiger partial charge on any atom is -0.381 e. The average molecular weight is 674 g/mol. The Kier molecular flexibility index (Phi) is 11.9. The number of aliphatic hydroxyl groups excluding tert-OH is 1. The quantitative estimate of drug-likeness (QED) is 0.209. The van der Waals surface area contributed by atoms with Crippen LogP contribution in [0, 0.1) is 29.2 Å². The molecular formula is C34H50ClN6O6. The molecule has 1 aromatic carbocycles. The third kappa shape index (κ3) is 8.63. The summed E-state index contributed by atoms with van der Waals surface area (Å²) in [5.74, 6) is -4.41. The van der Waals surface area contributed by atoms with Gasteiger partial charge in [0, 0.05) is 55.0 Å². The zero-order valence-corrected chi connectivity index (χ0v) is 28.5. The van der Waals surface area contributed by atoms with Crippen molar-refractivity contribution in [3.63, 3.8) is 0 Å². The Bertz CT molecular complexity index is 1310. The van der Waals surface area contributed by atoms with E-state index in [0.717, 1.165) is 24.8 Å². The minimum absolute atomic E-state index is 0.0158. The summed E-state index contributed by atoms with van der Waals surface area (Å²) in [4.78, 5) is 71.2. The van der Waals surface area contributed by atoms with Gasteiger partial charge in [0.2, 0.25) is 23.3 Å². The number of halogens is 1. The van der Waals surface area contributed by atoms with E-state index < -0.39 is 58.4 Å². The van der Waals surface area contributed by atoms with Crippen molar-refractivity contribution in [2.24, 2.45) is 34.6 Å². The summed E-state index contributed by atoms with van der Waals surface area (Å²) in [5, 5.41) is 17.0. The van der Waals surface area contributed by atoms with Crippen LogP contribution in [0.25, 0.3) is 0 Å². The van der Waals surface area contributed by atoms with Crippen LogP contribution in [0.4, 0.5) is 0 Å². The molecule has 1 aliphatic heterocycles. The van der Waals surface area contributed by atoms with Crippen molar-refractivity contribution >= 4 is 41.1 Å². The maximum atomic E-state index is 14.8. The van der Waals surface area contributed by atoms with E-state index in [1.807, 2.05) is 24.3 Å². The van der Waals surface area contributed by atoms with Gasteiger partial charge in [-0.05, 0) is 49.3 Å². The fraction of sp³-hybridized carbons (Fsp3) is 0.647. The number of carbonyl (C=O) groups is 5. The standard InChI is InChI=1S/C34H50ClN6O6/c1-33(2,3)34(39-30(45)24-9-5-8-23(19-24)28(36)43,31(46)38-26(27(42)29(37)44)18-21-6-4-7-21)32(47)41-16-14-40(15-17-41)20-22-10-12-25(35)13-11-22/h10-13,21,23-24,27,42H,4-9,14-20H2,1-3H3,(H2,36,43)(H2,37,44)(H,38,46)(H,39,45)/t23?,24?,27-,34?/m0/s1. The predicted molar refractivity (Wildman–Crippen MR) is 177 cm³/mol. The van der Waals surface area contributed by atoms with Gasteiger partial charge in [0.25, 0.3) is 11.8 Å². The minimum atomic E-state index is -2.12. The van der Waals surface area contributed by atoms with Crippen molar-refractivity contribution < 1.29 is 29.1 Å². The Labute approximate surface area is 282 Å². The van der Waals surface area contributed by atoms with Gasteiger partial charge in [-0.15, -0.1) is 0 Å². The molecule has 13 heteroatoms. The van der Waals surface area contributed by atoms with Gasteiger partial charge in [-0.3, -0.25) is 28.9 Å². The molecule has 259 valence electrons. The van der Waals surface area contributed by atoms with E-state index in [-0.39, 0.29) is 24.8 Å². The highest BCUT2D eigenvalue weighted by atomic mass is 35.5. The van der Waals surface area contributed by atoms with Gasteiger partial charge in [-0.2, -0.15) is 0 Å². The summed E-state index contributed by atoms with van der Waals surface area (Å²) in [6.07, 6.45) is 3.09. The van der Waals surface area contributed by atoms with Gasteiger partial charge < -0.3 is 32.1 Å². The van der Waals surface area contributed by atoms with E-state index in [1.165, 1.54) is 0 Å². The van der Waals surface area contributed by atoms with Crippen LogP contribution in [-0.4, -0.2) is 82.3 Å². The van der Waals surface area contributed by atoms with Crippen LogP contribution in [-0.2, 0) is 30.5 Å². The van der Waals surface area contributed by atoms with Crippen molar-refractivity contribution in [1.82, 2.24) is 20.4 Å². The first-order valence-corrected chi connectivity index (χ1v) is 17.0. The second-order valence-electron chi connectivity index (χ2n) is 14.4. The third-order valence-corrected chi connectivity index (χ3v) is 10.4. The smallest absolute Gasteiger partial charge is 0.258 e. The van der Waals surface area contributed by atoms with Crippen LogP contribution < -0.4 is 22.1 Å². The molecule has 1 heterocycles. The zero-order valence-electron chi connectivity index (χ0n) is 27.7. The fourth-order valence-electron chi connectivity index (χ4n) is 6.87. The van der Waals surface area contributed by atoms with Crippen molar-refractivity contribution in [2.45, 2.75) is 90.3 Å². The Balaban J connectivity index is 1.63. The van der Waals surface area contributed by atoms with Crippen molar-refractivity contribution in [1.29, 1.82) is 0 Å². The number of nitrogens with two attached hydrogens (primary N) is 2. The molecule has 2 saturated carbocycles. The van der Waals surface area contributed by atoms with E-state index in [0.29, 0.717) is 57.0 Å². The normalized spacial score (nSPS) is 22.9. The molecule has 7 N–H and O–H groups in total. The number of nitrogens with zero attached hydrogens (tertiary/aromatic N) is 2. The number of aliphatic hydroxyl groups is 1. The van der Waals surface area contributed by atoms with Crippen LogP contribution in [0.3, 0.4) is 0 Å². The van der Waals surface area contributed by atoms with Crippen molar-refractivity contribution in [2.75, 3.05) is 26.2 Å². The highest BCUT2D eigenvalue weighted by molar-refractivity contribution is 6.30. The molecule has 3 unspecified atom stereocenters. The van der Waals surface area contributed by atoms with Crippen LogP contribution in [0.15, 0.2) is 24.3 Å². The monoisotopic (exact) mass is 673 g/mol. The Hall–Kier alpha value is -3.22. The lowest BCUT2D eigenvalue weighted by Gasteiger charge is -2.47. The number of benzene rings is 1. The zero-order chi connectivity index (χ0) is 34.5. The first-order chi connectivity index (χ1) is 22.1. The largest absolute Gasteiger partial charge is 0.381 e. The lowest BCUT2D eigenvalue weighted by atomic mass is 9.70. The fourth-order valence-corrected chi connectivity index (χ4v) is 7.00. The molecule has 4 atom stereocenters. The van der Waals surface area contributed by atoms with Gasteiger partial charge in [-0.25, -0.2) is 0 Å². The Morgan fingerprint density at radius 3 is 2.06 bits per heavy atom. The maximum absolute atomic E-state index is 14.8. The summed E-state index contributed by atoms with van der Waals surface area (Å²) in [6.45, 7) is 7.44. The Morgan fingerprint density at radius 2 is 1.53 bits per heavy atom. The topological polar surface area (TPSA) is 188 Å². The number of rotatable bonds is 12. The number of hydrogen-bond donors (Lipinski definition) is 5. The average Bonchev–Trinajstić information content (AvgIpc) is 3.00. The van der Waals surface area contributed by atoms with Gasteiger partial charge in [-0.1, -0.05) is 70.2 Å². The number of amides is 5. The number of carbonyl (C=O) groups excluding carboxylic acids is 5. The summed E-state index contributed by atoms with van der Waals surface area (Å²) < 4.78 is 0. The number of piperazine rings is 1. The third-order valence-electron chi connectivity index (χ3n) is 10.1. The van der Waals surface area contributed by atoms with Gasteiger partial charge in [0.05, 0.1) is 0 Å². The van der Waals surface area contributed by atoms with Crippen molar-refractivity contribution in [3.8, 4) is 0 Å². The molecule has 3 fully saturated rings. The molecular weight excluding hydrogens is 624 g/mol. The molecule has 0 spiro atoms. The van der Waals surface area contributed by atoms with Gasteiger partial charge in [0.1, 0.15) is 6.04 Å². The summed E-state index contributed by atoms with van der Waals surface area (Å²) >= 11 is 6.04. The number of nitrogens with one attached hydrogen (secondary N) is 2. The summed E-state index contributed by atoms with van der Waals surface area (Å²) in [7, 11) is 0. The molecule has 47 heavy (non-hydrogen) atoms. The van der Waals surface area contributed by atoms with Gasteiger partial charge >= 0.3 is 0 Å². The SMILES string of the molecule is CC(C)(C)C(NC(=O)C1CCCC(C(N)=O)C1)(C(=O)N[C](CC1CCC1)[C@H](O)C(N)=O)C(=O)N1CCN(Cc2ccc(Cl)cc2)CC1. The molecule has 1 saturated heterocycles. The summed E-state index contributed by atoms with van der Waals surface area (Å²) in [5.41, 5.74) is 8.83. The molecule has 4 rings (SSSR count). The second-order valence-corrected chi connectivity index (χ2v) is 14.9. The van der Waals surface area contributed by atoms with Crippen LogP contribution >= 0.6 is 11.6 Å². The highest BCUT2D eigenvalue weighted by Gasteiger charge is 2.59. The lowest BCUT2D eigenvalue weighted by molar-refractivity contribution is -0.158. The van der Waals surface area contributed by atoms with Crippen LogP contribution in [0.1, 0.15) is 77.7 Å². The highest BCUT2D eigenvalue weighted by Crippen LogP contribution is 2.38. The van der Waals surface area contributed by atoms with E-state index in [4.69, 9.17) is 23.1 Å². The van der Waals surface area contributed by atoms with E-state index in [1.54, 1.807) is 25.7 Å². The lowest BCUT2D eigenvalue weighted by Crippen LogP contribution is -2.75. The van der Waals surface area contributed by atoms with E-state index in [2.05, 4.69) is 15.5 Å². The van der Waals surface area contributed by atoms with E-state index >= 15 is 0 Å². The molecule has 0 bridgehead atoms. The molecule has 2 aliphatic carbocycles. The molecule has 3 aliphatic rings. The molecule has 5 amide bonds. The van der Waals surface area contributed by atoms with Crippen LogP contribution in [0.5, 0.6) is 0 Å². The second kappa shape index (κ2) is 15.3. The summed E-state index contributed by atoms with van der Waals surface area (Å²) in [6, 6.07) is 7.59. The predicted octanol–water partition coefficient (Wildman–Crippen LogP) is 1.86. The molecule has 1 radical (unpaired) electrons. The Morgan fingerprint density at radius 1 is 0.936 bits per heavy atom. The number of hydrogen-bond acceptors (Lipinski definition) is 7. The maximum Gasteiger partial charge on any atom is 0.258 e. The van der Waals surface area contributed by atoms with Crippen LogP contribution in [0.2, 0.25) is 5.02 Å². The van der Waals surface area contributed by atoms with E-state index in [9.17, 15) is 29.1 Å². The molecule has 12 nitrogen and oxygen atoms in total. The van der Waals surface area contributed by atoms with Crippen molar-refractivity contribution in [3.05, 3.63) is 40.9 Å². The first-order valence-electron chi connectivity index (χ1n) is 16.6. The first kappa shape index (κ1) is 36.6. The number of primary amides is 2. The van der Waals surface area contributed by atoms with Gasteiger partial charge in [0.15, 0.2) is 6.10 Å². The molecule has 1 aromatic rings. The molecule has 0 aromatic heterocycles.